The number of rotatable bonds is 5. The Bertz CT molecular complexity index is 657. The molecule has 2 aliphatic carbocycles. The van der Waals surface area contributed by atoms with Gasteiger partial charge in [0, 0.05) is 4.75 Å². The molecular weight excluding hydrogens is 451 g/mol. The van der Waals surface area contributed by atoms with E-state index in [1.807, 2.05) is 0 Å². The van der Waals surface area contributed by atoms with Crippen molar-refractivity contribution in [3.05, 3.63) is 47.1 Å². The van der Waals surface area contributed by atoms with Gasteiger partial charge in [-0.2, -0.15) is 6.08 Å². The van der Waals surface area contributed by atoms with Crippen molar-refractivity contribution < 1.29 is 46.5 Å². The van der Waals surface area contributed by atoms with Gasteiger partial charge in [0.1, 0.15) is 0 Å². The van der Waals surface area contributed by atoms with Crippen LogP contribution >= 0.6 is 11.8 Å². The first kappa shape index (κ1) is 31.8. The molecule has 0 spiro atoms. The van der Waals surface area contributed by atoms with Crippen molar-refractivity contribution in [3.8, 4) is 0 Å². The molecule has 0 fully saturated rings. The summed E-state index contributed by atoms with van der Waals surface area (Å²) >= 11 is 2.18. The fourth-order valence-corrected chi connectivity index (χ4v) is 6.02. The van der Waals surface area contributed by atoms with Crippen LogP contribution in [0.3, 0.4) is 0 Å². The van der Waals surface area contributed by atoms with Crippen molar-refractivity contribution >= 4 is 11.8 Å². The van der Waals surface area contributed by atoms with E-state index in [4.69, 9.17) is 0 Å². The standard InChI is InChI=1S/C25H39S.2ClH.Ti/c1-10-17-26-25(24(8,9)19-13-11-12-14-19)16-15-20(22(2,3)4)18-21(25)23(5,6)7;;;/h11,13,15,18H,10,12,16-17H2,1-9H3;2*1H;/q-1;;;+3/p-2. The van der Waals surface area contributed by atoms with Gasteiger partial charge >= 0.3 is 21.7 Å². The summed E-state index contributed by atoms with van der Waals surface area (Å²) in [4.78, 5) is 0. The molecule has 0 aromatic heterocycles. The van der Waals surface area contributed by atoms with E-state index in [0.717, 1.165) is 12.8 Å². The van der Waals surface area contributed by atoms with E-state index in [-0.39, 0.29) is 67.5 Å². The van der Waals surface area contributed by atoms with E-state index in [2.05, 4.69) is 104 Å². The Morgan fingerprint density at radius 1 is 1.00 bits per heavy atom. The Hall–Kier alpha value is 0.604. The predicted molar refractivity (Wildman–Crippen MR) is 119 cm³/mol. The summed E-state index contributed by atoms with van der Waals surface area (Å²) < 4.78 is 0.0903. The maximum absolute atomic E-state index is 3.65. The van der Waals surface area contributed by atoms with Crippen molar-refractivity contribution in [1.82, 2.24) is 0 Å². The minimum absolute atomic E-state index is 0. The average molecular weight is 490 g/mol. The third kappa shape index (κ3) is 6.55. The van der Waals surface area contributed by atoms with Crippen LogP contribution in [0.1, 0.15) is 81.6 Å². The van der Waals surface area contributed by atoms with Crippen LogP contribution in [-0.4, -0.2) is 10.5 Å². The number of halogens is 2. The topological polar surface area (TPSA) is 0 Å². The smallest absolute Gasteiger partial charge is 1.00 e. The van der Waals surface area contributed by atoms with Crippen molar-refractivity contribution in [3.63, 3.8) is 0 Å². The molecule has 0 aliphatic heterocycles. The predicted octanol–water partition coefficient (Wildman–Crippen LogP) is 1.94. The van der Waals surface area contributed by atoms with Gasteiger partial charge in [-0.3, -0.25) is 6.08 Å². The summed E-state index contributed by atoms with van der Waals surface area (Å²) in [6.07, 6.45) is 16.6. The van der Waals surface area contributed by atoms with Crippen LogP contribution < -0.4 is 24.8 Å². The van der Waals surface area contributed by atoms with Gasteiger partial charge < -0.3 is 24.8 Å². The van der Waals surface area contributed by atoms with Gasteiger partial charge in [-0.1, -0.05) is 74.5 Å². The van der Waals surface area contributed by atoms with Crippen molar-refractivity contribution in [1.29, 1.82) is 0 Å². The molecule has 0 saturated carbocycles. The Balaban J connectivity index is 0. The molecule has 0 saturated heterocycles. The zero-order valence-electron chi connectivity index (χ0n) is 19.8. The third-order valence-electron chi connectivity index (χ3n) is 5.95. The molecule has 1 radical (unpaired) electrons. The van der Waals surface area contributed by atoms with E-state index in [0.29, 0.717) is 0 Å². The number of allylic oxidation sites excluding steroid dienone is 7. The van der Waals surface area contributed by atoms with E-state index >= 15 is 0 Å². The van der Waals surface area contributed by atoms with E-state index in [1.165, 1.54) is 23.3 Å². The summed E-state index contributed by atoms with van der Waals surface area (Å²) in [5.41, 5.74) is 4.89. The Labute approximate surface area is 212 Å². The van der Waals surface area contributed by atoms with Crippen molar-refractivity contribution in [2.24, 2.45) is 16.2 Å². The van der Waals surface area contributed by atoms with Crippen LogP contribution in [0.2, 0.25) is 0 Å². The minimum Gasteiger partial charge on any atom is -1.00 e. The molecule has 0 heterocycles. The largest absolute Gasteiger partial charge is 3.00 e. The fourth-order valence-electron chi connectivity index (χ4n) is 4.28. The molecule has 0 N–H and O–H groups in total. The SMILES string of the molecule is CCCSC1(C(C)(C)C2=[C-]CC=C2)CC=C(C(C)(C)C)C=C1C(C)(C)C.[Cl-].[Cl-].[Ti+3]. The normalized spacial score (nSPS) is 21.9. The molecule has 0 amide bonds. The van der Waals surface area contributed by atoms with Crippen LogP contribution in [-0.2, 0) is 21.7 Å². The van der Waals surface area contributed by atoms with Gasteiger partial charge in [-0.05, 0) is 46.0 Å². The first-order valence-corrected chi connectivity index (χ1v) is 11.2. The maximum atomic E-state index is 3.65. The van der Waals surface area contributed by atoms with Crippen LogP contribution in [0.15, 0.2) is 41.0 Å². The summed E-state index contributed by atoms with van der Waals surface area (Å²) in [5.74, 6) is 1.20. The van der Waals surface area contributed by atoms with Gasteiger partial charge in [-0.25, -0.2) is 11.6 Å². The molecule has 0 aromatic rings. The van der Waals surface area contributed by atoms with Crippen LogP contribution in [0.5, 0.6) is 0 Å². The number of thioether (sulfide) groups is 1. The van der Waals surface area contributed by atoms with Gasteiger partial charge in [0.2, 0.25) is 0 Å². The van der Waals surface area contributed by atoms with E-state index in [9.17, 15) is 0 Å². The Kier molecular flexibility index (Phi) is 12.6. The zero-order valence-corrected chi connectivity index (χ0v) is 23.7. The second-order valence-electron chi connectivity index (χ2n) is 10.4. The molecule has 0 bridgehead atoms. The number of hydrogen-bond acceptors (Lipinski definition) is 1. The molecule has 1 atom stereocenters. The molecular formula is C25H39Cl2STi. The van der Waals surface area contributed by atoms with Gasteiger partial charge in [0.05, 0.1) is 0 Å². The molecule has 4 heteroatoms. The Morgan fingerprint density at radius 3 is 2.00 bits per heavy atom. The second-order valence-corrected chi connectivity index (χ2v) is 11.8. The van der Waals surface area contributed by atoms with Crippen LogP contribution in [0, 0.1) is 22.3 Å². The van der Waals surface area contributed by atoms with Crippen molar-refractivity contribution in [2.75, 3.05) is 5.75 Å². The molecule has 2 aliphatic rings. The monoisotopic (exact) mass is 489 g/mol. The fraction of sp³-hybridized carbons (Fsp3) is 0.680. The quantitative estimate of drug-likeness (QED) is 0.420. The van der Waals surface area contributed by atoms with E-state index < -0.39 is 0 Å². The molecule has 1 unspecified atom stereocenters. The molecule has 0 aromatic carbocycles. The summed E-state index contributed by atoms with van der Waals surface area (Å²) in [6.45, 7) is 21.4. The maximum Gasteiger partial charge on any atom is 3.00 e. The molecule has 163 valence electrons. The Morgan fingerprint density at radius 2 is 1.59 bits per heavy atom. The van der Waals surface area contributed by atoms with Crippen LogP contribution in [0.25, 0.3) is 0 Å². The van der Waals surface area contributed by atoms with Gasteiger partial charge in [0.15, 0.2) is 0 Å². The molecule has 0 nitrogen and oxygen atoms in total. The summed E-state index contributed by atoms with van der Waals surface area (Å²) in [5, 5.41) is 0. The first-order chi connectivity index (χ1) is 11.9. The summed E-state index contributed by atoms with van der Waals surface area (Å²) in [7, 11) is 0. The van der Waals surface area contributed by atoms with Gasteiger partial charge in [-0.15, -0.1) is 18.2 Å². The summed E-state index contributed by atoms with van der Waals surface area (Å²) in [6, 6.07) is 0. The number of hydrogen-bond donors (Lipinski definition) is 0. The third-order valence-corrected chi connectivity index (χ3v) is 7.95. The average Bonchev–Trinajstić information content (AvgIpc) is 3.05. The first-order valence-electron chi connectivity index (χ1n) is 10.2. The zero-order chi connectivity index (χ0) is 19.8. The minimum atomic E-state index is 0. The van der Waals surface area contributed by atoms with E-state index in [1.54, 1.807) is 5.57 Å². The van der Waals surface area contributed by atoms with Gasteiger partial charge in [0.25, 0.3) is 0 Å². The van der Waals surface area contributed by atoms with Crippen LogP contribution in [0.4, 0.5) is 0 Å². The molecule has 29 heavy (non-hydrogen) atoms. The molecule has 2 rings (SSSR count). The second kappa shape index (κ2) is 11.5. The van der Waals surface area contributed by atoms with Crippen molar-refractivity contribution in [2.45, 2.75) is 86.3 Å².